The van der Waals surface area contributed by atoms with E-state index in [0.717, 1.165) is 37.4 Å². The lowest BCUT2D eigenvalue weighted by molar-refractivity contribution is 0.583. The van der Waals surface area contributed by atoms with Crippen molar-refractivity contribution in [2.45, 2.75) is 0 Å². The minimum atomic E-state index is 0. The first-order valence-corrected chi connectivity index (χ1v) is 5.09. The van der Waals surface area contributed by atoms with Gasteiger partial charge in [-0.15, -0.1) is 24.8 Å². The van der Waals surface area contributed by atoms with Gasteiger partial charge in [0.05, 0.1) is 11.6 Å². The summed E-state index contributed by atoms with van der Waals surface area (Å²) in [6.07, 6.45) is 3.22. The van der Waals surface area contributed by atoms with Gasteiger partial charge in [0, 0.05) is 26.2 Å². The average Bonchev–Trinajstić information content (AvgIpc) is 2.78. The van der Waals surface area contributed by atoms with Crippen molar-refractivity contribution < 1.29 is 4.42 Å². The van der Waals surface area contributed by atoms with E-state index in [1.54, 1.807) is 12.6 Å². The molecule has 0 amide bonds. The van der Waals surface area contributed by atoms with Crippen LogP contribution in [0.4, 0.5) is 5.82 Å². The molecule has 0 atom stereocenters. The van der Waals surface area contributed by atoms with Crippen molar-refractivity contribution in [3.05, 3.63) is 18.7 Å². The molecule has 0 aliphatic carbocycles. The Hall–Kier alpha value is -1.04. The van der Waals surface area contributed by atoms with E-state index in [-0.39, 0.29) is 24.8 Å². The van der Waals surface area contributed by atoms with Crippen molar-refractivity contribution in [1.82, 2.24) is 15.3 Å². The summed E-state index contributed by atoms with van der Waals surface area (Å²) in [6, 6.07) is 1.92. The number of halogens is 2. The Balaban J connectivity index is 0.000000722. The molecular formula is C10H14Cl2N4O. The van der Waals surface area contributed by atoms with Crippen molar-refractivity contribution in [3.63, 3.8) is 0 Å². The smallest absolute Gasteiger partial charge is 0.231 e. The second kappa shape index (κ2) is 6.05. The fourth-order valence-corrected chi connectivity index (χ4v) is 1.91. The fraction of sp³-hybridized carbons (Fsp3) is 0.400. The van der Waals surface area contributed by atoms with Crippen LogP contribution < -0.4 is 10.2 Å². The van der Waals surface area contributed by atoms with Gasteiger partial charge in [-0.1, -0.05) is 0 Å². The highest BCUT2D eigenvalue weighted by Gasteiger charge is 2.15. The zero-order chi connectivity index (χ0) is 10.1. The molecule has 3 heterocycles. The lowest BCUT2D eigenvalue weighted by Gasteiger charge is -2.28. The Morgan fingerprint density at radius 3 is 2.71 bits per heavy atom. The van der Waals surface area contributed by atoms with E-state index >= 15 is 0 Å². The van der Waals surface area contributed by atoms with Crippen LogP contribution in [0.5, 0.6) is 0 Å². The molecule has 1 N–H and O–H groups in total. The van der Waals surface area contributed by atoms with E-state index in [1.165, 1.54) is 0 Å². The molecule has 1 fully saturated rings. The number of nitrogens with one attached hydrogen (secondary N) is 1. The normalized spacial score (nSPS) is 15.2. The van der Waals surface area contributed by atoms with Gasteiger partial charge in [0.15, 0.2) is 0 Å². The number of hydrogen-bond acceptors (Lipinski definition) is 5. The molecule has 0 radical (unpaired) electrons. The number of nitrogens with zero attached hydrogens (tertiary/aromatic N) is 3. The lowest BCUT2D eigenvalue weighted by Crippen LogP contribution is -2.43. The van der Waals surface area contributed by atoms with E-state index in [9.17, 15) is 0 Å². The van der Waals surface area contributed by atoms with Gasteiger partial charge in [-0.2, -0.15) is 0 Å². The van der Waals surface area contributed by atoms with Gasteiger partial charge in [0.25, 0.3) is 0 Å². The Kier molecular flexibility index (Phi) is 4.99. The predicted molar refractivity (Wildman–Crippen MR) is 71.4 cm³/mol. The molecular weight excluding hydrogens is 263 g/mol. The van der Waals surface area contributed by atoms with Crippen LogP contribution in [-0.4, -0.2) is 36.1 Å². The van der Waals surface area contributed by atoms with Crippen molar-refractivity contribution in [3.8, 4) is 0 Å². The number of fused-ring (bicyclic) bond motifs is 1. The van der Waals surface area contributed by atoms with E-state index in [1.807, 2.05) is 6.07 Å². The molecule has 0 unspecified atom stereocenters. The average molecular weight is 277 g/mol. The molecule has 7 heteroatoms. The summed E-state index contributed by atoms with van der Waals surface area (Å²) in [5, 5.41) is 4.32. The van der Waals surface area contributed by atoms with Crippen LogP contribution in [0.15, 0.2) is 23.1 Å². The zero-order valence-corrected chi connectivity index (χ0v) is 10.8. The standard InChI is InChI=1S/C10H12N4O.2ClH/c1-6-15-10-8(1)9(12-7-13-10)14-4-2-11-3-5-14;;/h1,6-7,11H,2-5H2;2*1H. The minimum absolute atomic E-state index is 0. The third-order valence-corrected chi connectivity index (χ3v) is 2.66. The van der Waals surface area contributed by atoms with Crippen LogP contribution in [-0.2, 0) is 0 Å². The van der Waals surface area contributed by atoms with E-state index in [0.29, 0.717) is 5.71 Å². The van der Waals surface area contributed by atoms with Crippen LogP contribution in [0.3, 0.4) is 0 Å². The summed E-state index contributed by atoms with van der Waals surface area (Å²) >= 11 is 0. The SMILES string of the molecule is Cl.Cl.c1nc(N2CCNCC2)c2ccoc2n1. The largest absolute Gasteiger partial charge is 0.446 e. The minimum Gasteiger partial charge on any atom is -0.446 e. The first kappa shape index (κ1) is 14.0. The highest BCUT2D eigenvalue weighted by atomic mass is 35.5. The first-order chi connectivity index (χ1) is 7.45. The number of rotatable bonds is 1. The van der Waals surface area contributed by atoms with Crippen molar-refractivity contribution >= 4 is 41.7 Å². The zero-order valence-electron chi connectivity index (χ0n) is 9.13. The van der Waals surface area contributed by atoms with Crippen LogP contribution in [0.25, 0.3) is 11.1 Å². The summed E-state index contributed by atoms with van der Waals surface area (Å²) in [5.74, 6) is 0.982. The molecule has 1 saturated heterocycles. The molecule has 2 aromatic rings. The number of anilines is 1. The predicted octanol–water partition coefficient (Wildman–Crippen LogP) is 1.48. The van der Waals surface area contributed by atoms with Gasteiger partial charge in [0.1, 0.15) is 12.1 Å². The van der Waals surface area contributed by atoms with E-state index < -0.39 is 0 Å². The molecule has 17 heavy (non-hydrogen) atoms. The topological polar surface area (TPSA) is 54.2 Å². The molecule has 3 rings (SSSR count). The van der Waals surface area contributed by atoms with Gasteiger partial charge in [-0.05, 0) is 6.07 Å². The Bertz CT molecular complexity index is 470. The molecule has 0 spiro atoms. The van der Waals surface area contributed by atoms with Gasteiger partial charge >= 0.3 is 0 Å². The molecule has 94 valence electrons. The summed E-state index contributed by atoms with van der Waals surface area (Å²) in [7, 11) is 0. The van der Waals surface area contributed by atoms with E-state index in [2.05, 4.69) is 20.2 Å². The molecule has 1 aliphatic rings. The number of piperazine rings is 1. The number of aromatic nitrogens is 2. The fourth-order valence-electron chi connectivity index (χ4n) is 1.91. The molecule has 5 nitrogen and oxygen atoms in total. The van der Waals surface area contributed by atoms with Gasteiger partial charge in [-0.25, -0.2) is 9.97 Å². The van der Waals surface area contributed by atoms with Gasteiger partial charge < -0.3 is 14.6 Å². The van der Waals surface area contributed by atoms with Crippen molar-refractivity contribution in [2.24, 2.45) is 0 Å². The second-order valence-corrected chi connectivity index (χ2v) is 3.57. The molecule has 0 bridgehead atoms. The maximum absolute atomic E-state index is 5.26. The molecule has 0 saturated carbocycles. The third-order valence-electron chi connectivity index (χ3n) is 2.66. The molecule has 0 aromatic carbocycles. The van der Waals surface area contributed by atoms with Gasteiger partial charge in [-0.3, -0.25) is 0 Å². The van der Waals surface area contributed by atoms with Gasteiger partial charge in [0.2, 0.25) is 5.71 Å². The summed E-state index contributed by atoms with van der Waals surface area (Å²) < 4.78 is 5.26. The Labute approximate surface area is 111 Å². The van der Waals surface area contributed by atoms with Crippen LogP contribution in [0, 0.1) is 0 Å². The monoisotopic (exact) mass is 276 g/mol. The highest BCUT2D eigenvalue weighted by molar-refractivity contribution is 5.86. The van der Waals surface area contributed by atoms with Crippen LogP contribution >= 0.6 is 24.8 Å². The third kappa shape index (κ3) is 2.62. The maximum Gasteiger partial charge on any atom is 0.231 e. The second-order valence-electron chi connectivity index (χ2n) is 3.57. The van der Waals surface area contributed by atoms with Crippen LogP contribution in [0.1, 0.15) is 0 Å². The summed E-state index contributed by atoms with van der Waals surface area (Å²) in [6.45, 7) is 3.97. The quantitative estimate of drug-likeness (QED) is 0.855. The van der Waals surface area contributed by atoms with Crippen molar-refractivity contribution in [1.29, 1.82) is 0 Å². The first-order valence-electron chi connectivity index (χ1n) is 5.09. The Morgan fingerprint density at radius 2 is 1.94 bits per heavy atom. The summed E-state index contributed by atoms with van der Waals surface area (Å²) in [5.41, 5.74) is 0.665. The highest BCUT2D eigenvalue weighted by Crippen LogP contribution is 2.23. The maximum atomic E-state index is 5.26. The Morgan fingerprint density at radius 1 is 1.18 bits per heavy atom. The van der Waals surface area contributed by atoms with Crippen LogP contribution in [0.2, 0.25) is 0 Å². The molecule has 1 aliphatic heterocycles. The molecule has 2 aromatic heterocycles. The van der Waals surface area contributed by atoms with E-state index in [4.69, 9.17) is 4.42 Å². The number of hydrogen-bond donors (Lipinski definition) is 1. The summed E-state index contributed by atoms with van der Waals surface area (Å²) in [4.78, 5) is 10.7. The lowest BCUT2D eigenvalue weighted by atomic mass is 10.3. The number of furan rings is 1. The van der Waals surface area contributed by atoms with Crippen molar-refractivity contribution in [2.75, 3.05) is 31.1 Å².